The number of fused-ring (bicyclic) bond motifs is 1. The second kappa shape index (κ2) is 9.59. The maximum atomic E-state index is 12.8. The number of carbonyl (C=O) groups is 1. The Kier molecular flexibility index (Phi) is 6.66. The van der Waals surface area contributed by atoms with Crippen LogP contribution in [-0.2, 0) is 23.6 Å². The van der Waals surface area contributed by atoms with Crippen LogP contribution in [-0.4, -0.2) is 25.2 Å². The smallest absolute Gasteiger partial charge is 0.300 e. The van der Waals surface area contributed by atoms with Crippen LogP contribution in [0.25, 0.3) is 11.0 Å². The van der Waals surface area contributed by atoms with E-state index < -0.39 is 0 Å². The number of rotatable bonds is 9. The topological polar surface area (TPSA) is 81.8 Å². The molecule has 4 aromatic rings. The fraction of sp³-hybridized carbons (Fsp3) is 0.300. The monoisotopic (exact) mass is 459 g/mol. The summed E-state index contributed by atoms with van der Waals surface area (Å²) in [4.78, 5) is 26.5. The number of nitrogens with zero attached hydrogens (tertiary/aromatic N) is 4. The molecule has 4 rings (SSSR count). The van der Waals surface area contributed by atoms with Crippen molar-refractivity contribution in [3.63, 3.8) is 0 Å². The van der Waals surface area contributed by atoms with Crippen molar-refractivity contribution in [1.29, 1.82) is 0 Å². The van der Waals surface area contributed by atoms with Crippen molar-refractivity contribution in [2.75, 3.05) is 5.32 Å². The lowest BCUT2D eigenvalue weighted by molar-refractivity contribution is -0.116. The Balaban J connectivity index is 1.37. The summed E-state index contributed by atoms with van der Waals surface area (Å²) in [5.74, 6) is 0.658. The van der Waals surface area contributed by atoms with Gasteiger partial charge in [0.05, 0.1) is 11.0 Å². The molecule has 10 heteroatoms. The highest BCUT2D eigenvalue weighted by Gasteiger charge is 2.14. The van der Waals surface area contributed by atoms with Crippen LogP contribution in [0.5, 0.6) is 0 Å². The van der Waals surface area contributed by atoms with Gasteiger partial charge >= 0.3 is 5.69 Å². The van der Waals surface area contributed by atoms with Crippen molar-refractivity contribution in [3.05, 3.63) is 57.1 Å². The van der Waals surface area contributed by atoms with Gasteiger partial charge in [-0.25, -0.2) is 4.79 Å². The maximum Gasteiger partial charge on any atom is 0.329 e. The third-order valence-electron chi connectivity index (χ3n) is 4.51. The summed E-state index contributed by atoms with van der Waals surface area (Å²) < 4.78 is 4.26. The van der Waals surface area contributed by atoms with Crippen molar-refractivity contribution in [2.24, 2.45) is 0 Å². The lowest BCUT2D eigenvalue weighted by atomic mass is 10.3. The number of thioether (sulfide) groups is 1. The molecule has 0 aliphatic carbocycles. The van der Waals surface area contributed by atoms with Crippen LogP contribution in [0.2, 0.25) is 0 Å². The van der Waals surface area contributed by atoms with E-state index in [1.807, 2.05) is 42.6 Å². The first-order valence-corrected chi connectivity index (χ1v) is 12.3. The first-order chi connectivity index (χ1) is 14.7. The number of anilines is 1. The molecule has 0 saturated heterocycles. The highest BCUT2D eigenvalue weighted by Crippen LogP contribution is 2.29. The van der Waals surface area contributed by atoms with Crippen LogP contribution in [0, 0.1) is 0 Å². The normalized spacial score (nSPS) is 11.2. The molecule has 0 aliphatic heterocycles. The molecule has 0 unspecified atom stereocenters. The van der Waals surface area contributed by atoms with Gasteiger partial charge in [-0.3, -0.25) is 13.9 Å². The highest BCUT2D eigenvalue weighted by molar-refractivity contribution is 8.00. The number of nitrogens with one attached hydrogen (secondary N) is 1. The zero-order chi connectivity index (χ0) is 20.9. The van der Waals surface area contributed by atoms with Gasteiger partial charge in [-0.1, -0.05) is 48.2 Å². The number of aryl methyl sites for hydroxylation is 2. The number of benzene rings is 1. The second-order valence-electron chi connectivity index (χ2n) is 6.61. The SMILES string of the molecule is CCCn1c(=O)n(CCC(=O)Nc2nnc(SCc3cccs3)s2)c2ccccc21. The van der Waals surface area contributed by atoms with Gasteiger partial charge in [0.2, 0.25) is 11.0 Å². The highest BCUT2D eigenvalue weighted by atomic mass is 32.2. The van der Waals surface area contributed by atoms with E-state index in [4.69, 9.17) is 0 Å². The summed E-state index contributed by atoms with van der Waals surface area (Å²) in [6.45, 7) is 3.02. The maximum absolute atomic E-state index is 12.8. The van der Waals surface area contributed by atoms with Crippen molar-refractivity contribution in [1.82, 2.24) is 19.3 Å². The molecular formula is C20H21N5O2S3. The number of para-hydroxylation sites is 2. The van der Waals surface area contributed by atoms with Crippen molar-refractivity contribution >= 4 is 56.5 Å². The van der Waals surface area contributed by atoms with Gasteiger partial charge in [0.25, 0.3) is 0 Å². The summed E-state index contributed by atoms with van der Waals surface area (Å²) in [5, 5.41) is 13.5. The Morgan fingerprint density at radius 1 is 1.10 bits per heavy atom. The van der Waals surface area contributed by atoms with E-state index in [9.17, 15) is 9.59 Å². The molecule has 0 spiro atoms. The molecule has 0 aliphatic rings. The Morgan fingerprint density at radius 3 is 2.57 bits per heavy atom. The van der Waals surface area contributed by atoms with E-state index in [1.54, 1.807) is 32.2 Å². The Hall–Kier alpha value is -2.43. The standard InChI is InChI=1S/C20H21N5O2S3/c1-2-10-24-15-7-3-4-8-16(15)25(20(24)27)11-9-17(26)21-18-22-23-19(30-18)29-13-14-6-5-12-28-14/h3-8,12H,2,9-11,13H2,1H3,(H,21,22,26). The van der Waals surface area contributed by atoms with Gasteiger partial charge < -0.3 is 5.32 Å². The number of amides is 1. The van der Waals surface area contributed by atoms with Gasteiger partial charge in [0.1, 0.15) is 0 Å². The van der Waals surface area contributed by atoms with E-state index in [1.165, 1.54) is 16.2 Å². The number of thiophene rings is 1. The number of hydrogen-bond acceptors (Lipinski definition) is 7. The zero-order valence-electron chi connectivity index (χ0n) is 16.4. The van der Waals surface area contributed by atoms with Crippen molar-refractivity contribution in [2.45, 2.75) is 42.9 Å². The lowest BCUT2D eigenvalue weighted by Gasteiger charge is -2.03. The summed E-state index contributed by atoms with van der Waals surface area (Å²) in [5.41, 5.74) is 1.68. The van der Waals surface area contributed by atoms with Crippen molar-refractivity contribution < 1.29 is 4.79 Å². The minimum Gasteiger partial charge on any atom is -0.300 e. The minimum atomic E-state index is -0.180. The molecule has 30 heavy (non-hydrogen) atoms. The summed E-state index contributed by atoms with van der Waals surface area (Å²) >= 11 is 4.67. The van der Waals surface area contributed by atoms with E-state index in [2.05, 4.69) is 21.6 Å². The number of aromatic nitrogens is 4. The average Bonchev–Trinajstić information content (AvgIpc) is 3.47. The van der Waals surface area contributed by atoms with Crippen LogP contribution < -0.4 is 11.0 Å². The van der Waals surface area contributed by atoms with Crippen LogP contribution in [0.15, 0.2) is 50.9 Å². The number of imidazole rings is 1. The Labute approximate surface area is 185 Å². The summed E-state index contributed by atoms with van der Waals surface area (Å²) in [7, 11) is 0. The lowest BCUT2D eigenvalue weighted by Crippen LogP contribution is -2.26. The quantitative estimate of drug-likeness (QED) is 0.295. The minimum absolute atomic E-state index is 0.0750. The largest absolute Gasteiger partial charge is 0.329 e. The van der Waals surface area contributed by atoms with Gasteiger partial charge in [-0.2, -0.15) is 0 Å². The third-order valence-corrected chi connectivity index (χ3v) is 7.59. The van der Waals surface area contributed by atoms with E-state index in [0.29, 0.717) is 18.2 Å². The molecular weight excluding hydrogens is 438 g/mol. The first kappa shape index (κ1) is 20.8. The zero-order valence-corrected chi connectivity index (χ0v) is 18.9. The van der Waals surface area contributed by atoms with Gasteiger partial charge in [-0.15, -0.1) is 21.5 Å². The number of hydrogen-bond donors (Lipinski definition) is 1. The van der Waals surface area contributed by atoms with Crippen LogP contribution >= 0.6 is 34.4 Å². The van der Waals surface area contributed by atoms with Gasteiger partial charge in [0, 0.05) is 30.1 Å². The Morgan fingerprint density at radius 2 is 1.87 bits per heavy atom. The van der Waals surface area contributed by atoms with Crippen LogP contribution in [0.4, 0.5) is 5.13 Å². The van der Waals surface area contributed by atoms with E-state index in [0.717, 1.165) is 27.5 Å². The molecule has 1 aromatic carbocycles. The van der Waals surface area contributed by atoms with E-state index >= 15 is 0 Å². The summed E-state index contributed by atoms with van der Waals surface area (Å²) in [6, 6.07) is 11.8. The fourth-order valence-corrected chi connectivity index (χ4v) is 5.71. The predicted molar refractivity (Wildman–Crippen MR) is 124 cm³/mol. The molecule has 0 fully saturated rings. The van der Waals surface area contributed by atoms with Crippen LogP contribution in [0.1, 0.15) is 24.6 Å². The van der Waals surface area contributed by atoms with Crippen LogP contribution in [0.3, 0.4) is 0 Å². The molecule has 1 N–H and O–H groups in total. The molecule has 156 valence electrons. The molecule has 0 bridgehead atoms. The first-order valence-electron chi connectivity index (χ1n) is 9.62. The third kappa shape index (κ3) is 4.66. The van der Waals surface area contributed by atoms with Crippen molar-refractivity contribution in [3.8, 4) is 0 Å². The number of carbonyl (C=O) groups excluding carboxylic acids is 1. The molecule has 1 amide bonds. The van der Waals surface area contributed by atoms with Gasteiger partial charge in [0.15, 0.2) is 4.34 Å². The molecule has 0 saturated carbocycles. The molecule has 3 aromatic heterocycles. The molecule has 7 nitrogen and oxygen atoms in total. The second-order valence-corrected chi connectivity index (χ2v) is 9.85. The van der Waals surface area contributed by atoms with Gasteiger partial charge in [-0.05, 0) is 30.0 Å². The van der Waals surface area contributed by atoms with E-state index in [-0.39, 0.29) is 18.0 Å². The predicted octanol–water partition coefficient (Wildman–Crippen LogP) is 4.45. The summed E-state index contributed by atoms with van der Waals surface area (Å²) in [6.07, 6.45) is 1.07. The Bertz CT molecular complexity index is 1190. The molecule has 3 heterocycles. The molecule has 0 radical (unpaired) electrons. The fourth-order valence-electron chi connectivity index (χ4n) is 3.17. The average molecular weight is 460 g/mol. The molecule has 0 atom stereocenters.